The highest BCUT2D eigenvalue weighted by atomic mass is 35.5. The minimum Gasteiger partial charge on any atom is -0.392 e. The number of carbonyl (C=O) groups excluding carboxylic acids is 1. The van der Waals surface area contributed by atoms with Crippen LogP contribution in [0, 0.1) is 0 Å². The molecule has 1 amide bonds. The van der Waals surface area contributed by atoms with Gasteiger partial charge in [0.1, 0.15) is 0 Å². The van der Waals surface area contributed by atoms with Crippen molar-refractivity contribution in [3.63, 3.8) is 0 Å². The van der Waals surface area contributed by atoms with Crippen molar-refractivity contribution in [1.82, 2.24) is 5.32 Å². The van der Waals surface area contributed by atoms with Gasteiger partial charge >= 0.3 is 0 Å². The summed E-state index contributed by atoms with van der Waals surface area (Å²) in [5.74, 6) is -0.197. The highest BCUT2D eigenvalue weighted by Crippen LogP contribution is 2.20. The van der Waals surface area contributed by atoms with Crippen molar-refractivity contribution in [3.05, 3.63) is 29.3 Å². The first-order valence-electron chi connectivity index (χ1n) is 5.80. The fourth-order valence-corrected chi connectivity index (χ4v) is 1.40. The molecule has 0 radical (unpaired) electrons. The van der Waals surface area contributed by atoms with Crippen LogP contribution in [0.15, 0.2) is 24.3 Å². The van der Waals surface area contributed by atoms with Crippen molar-refractivity contribution < 1.29 is 9.90 Å². The molecule has 0 saturated carbocycles. The molecule has 0 saturated heterocycles. The van der Waals surface area contributed by atoms with E-state index in [4.69, 9.17) is 11.6 Å². The van der Waals surface area contributed by atoms with Crippen LogP contribution in [0.3, 0.4) is 0 Å². The first kappa shape index (κ1) is 15.0. The maximum atomic E-state index is 11.7. The summed E-state index contributed by atoms with van der Waals surface area (Å²) in [4.78, 5) is 11.7. The maximum Gasteiger partial charge on any atom is 0.238 e. The summed E-state index contributed by atoms with van der Waals surface area (Å²) in [5, 5.41) is 15.7. The summed E-state index contributed by atoms with van der Waals surface area (Å²) in [6.45, 7) is 5.46. The summed E-state index contributed by atoms with van der Waals surface area (Å²) in [6, 6.07) is 7.05. The number of halogens is 1. The van der Waals surface area contributed by atoms with Crippen molar-refractivity contribution in [1.29, 1.82) is 0 Å². The van der Waals surface area contributed by atoms with Crippen molar-refractivity contribution in [2.45, 2.75) is 32.4 Å². The lowest BCUT2D eigenvalue weighted by Gasteiger charge is -2.29. The van der Waals surface area contributed by atoms with E-state index in [-0.39, 0.29) is 12.5 Å². The standard InChI is InChI=1S/C13H19ClN2O2/c1-9(17)13(2,3)15-8-12(18)16-11-7-5-4-6-10(11)14/h4-7,9,15,17H,8H2,1-3H3,(H,16,18). The van der Waals surface area contributed by atoms with Crippen LogP contribution in [0.4, 0.5) is 5.69 Å². The Balaban J connectivity index is 2.51. The van der Waals surface area contributed by atoms with E-state index >= 15 is 0 Å². The molecule has 0 bridgehead atoms. The number of para-hydroxylation sites is 1. The first-order valence-corrected chi connectivity index (χ1v) is 6.18. The third kappa shape index (κ3) is 4.29. The number of aliphatic hydroxyl groups is 1. The van der Waals surface area contributed by atoms with Crippen LogP contribution in [0.2, 0.25) is 5.02 Å². The molecule has 0 fully saturated rings. The molecular formula is C13H19ClN2O2. The molecule has 1 aromatic rings. The van der Waals surface area contributed by atoms with Gasteiger partial charge in [-0.05, 0) is 32.9 Å². The number of hydrogen-bond acceptors (Lipinski definition) is 3. The van der Waals surface area contributed by atoms with Gasteiger partial charge in [-0.3, -0.25) is 4.79 Å². The number of rotatable bonds is 5. The molecule has 3 N–H and O–H groups in total. The zero-order valence-electron chi connectivity index (χ0n) is 10.8. The number of aliphatic hydroxyl groups excluding tert-OH is 1. The molecule has 100 valence electrons. The van der Waals surface area contributed by atoms with E-state index in [1.807, 2.05) is 13.8 Å². The predicted molar refractivity (Wildman–Crippen MR) is 73.8 cm³/mol. The van der Waals surface area contributed by atoms with Gasteiger partial charge in [0.05, 0.1) is 23.4 Å². The van der Waals surface area contributed by atoms with Crippen molar-refractivity contribution >= 4 is 23.2 Å². The topological polar surface area (TPSA) is 61.4 Å². The molecule has 0 aliphatic heterocycles. The summed E-state index contributed by atoms with van der Waals surface area (Å²) >= 11 is 5.93. The van der Waals surface area contributed by atoms with E-state index in [1.54, 1.807) is 31.2 Å². The SMILES string of the molecule is CC(O)C(C)(C)NCC(=O)Nc1ccccc1Cl. The van der Waals surface area contributed by atoms with Crippen LogP contribution >= 0.6 is 11.6 Å². The molecule has 4 nitrogen and oxygen atoms in total. The largest absolute Gasteiger partial charge is 0.392 e. The molecular weight excluding hydrogens is 252 g/mol. The highest BCUT2D eigenvalue weighted by Gasteiger charge is 2.23. The number of anilines is 1. The summed E-state index contributed by atoms with van der Waals surface area (Å²) in [7, 11) is 0. The first-order chi connectivity index (χ1) is 8.33. The minimum atomic E-state index is -0.550. The lowest BCUT2D eigenvalue weighted by atomic mass is 9.99. The average Bonchev–Trinajstić information content (AvgIpc) is 2.29. The molecule has 1 aromatic carbocycles. The van der Waals surface area contributed by atoms with Crippen LogP contribution in [0.5, 0.6) is 0 Å². The van der Waals surface area contributed by atoms with Crippen molar-refractivity contribution in [2.24, 2.45) is 0 Å². The average molecular weight is 271 g/mol. The highest BCUT2D eigenvalue weighted by molar-refractivity contribution is 6.33. The minimum absolute atomic E-state index is 0.114. The molecule has 5 heteroatoms. The predicted octanol–water partition coefficient (Wildman–Crippen LogP) is 2.03. The van der Waals surface area contributed by atoms with Gasteiger partial charge in [-0.25, -0.2) is 0 Å². The summed E-state index contributed by atoms with van der Waals surface area (Å²) in [5.41, 5.74) is 0.0680. The molecule has 0 aliphatic carbocycles. The normalized spacial score (nSPS) is 13.2. The Morgan fingerprint density at radius 1 is 1.44 bits per heavy atom. The third-order valence-electron chi connectivity index (χ3n) is 2.90. The van der Waals surface area contributed by atoms with Gasteiger partial charge in [0, 0.05) is 5.54 Å². The van der Waals surface area contributed by atoms with Crippen molar-refractivity contribution in [2.75, 3.05) is 11.9 Å². The number of benzene rings is 1. The van der Waals surface area contributed by atoms with E-state index in [0.29, 0.717) is 10.7 Å². The van der Waals surface area contributed by atoms with Crippen LogP contribution in [-0.4, -0.2) is 29.2 Å². The fourth-order valence-electron chi connectivity index (χ4n) is 1.21. The molecule has 1 rings (SSSR count). The molecule has 0 heterocycles. The maximum absolute atomic E-state index is 11.7. The van der Waals surface area contributed by atoms with Gasteiger partial charge in [0.2, 0.25) is 5.91 Å². The van der Waals surface area contributed by atoms with E-state index in [9.17, 15) is 9.90 Å². The lowest BCUT2D eigenvalue weighted by molar-refractivity contribution is -0.115. The van der Waals surface area contributed by atoms with Gasteiger partial charge in [0.15, 0.2) is 0 Å². The van der Waals surface area contributed by atoms with Crippen LogP contribution in [0.25, 0.3) is 0 Å². The Bertz CT molecular complexity index is 419. The van der Waals surface area contributed by atoms with Gasteiger partial charge in [-0.1, -0.05) is 23.7 Å². The molecule has 1 unspecified atom stereocenters. The quantitative estimate of drug-likeness (QED) is 0.767. The molecule has 0 aliphatic rings. The Kier molecular flexibility index (Phi) is 5.14. The second-order valence-electron chi connectivity index (χ2n) is 4.78. The number of hydrogen-bond donors (Lipinski definition) is 3. The molecule has 1 atom stereocenters. The Morgan fingerprint density at radius 3 is 2.61 bits per heavy atom. The molecule has 0 spiro atoms. The van der Waals surface area contributed by atoms with Gasteiger partial charge in [0.25, 0.3) is 0 Å². The van der Waals surface area contributed by atoms with Gasteiger partial charge in [-0.15, -0.1) is 0 Å². The van der Waals surface area contributed by atoms with E-state index < -0.39 is 11.6 Å². The third-order valence-corrected chi connectivity index (χ3v) is 3.23. The van der Waals surface area contributed by atoms with Crippen LogP contribution < -0.4 is 10.6 Å². The Labute approximate surface area is 112 Å². The Hall–Kier alpha value is -1.10. The second-order valence-corrected chi connectivity index (χ2v) is 5.19. The zero-order valence-corrected chi connectivity index (χ0v) is 11.6. The van der Waals surface area contributed by atoms with E-state index in [0.717, 1.165) is 0 Å². The fraction of sp³-hybridized carbons (Fsp3) is 0.462. The number of carbonyl (C=O) groups is 1. The van der Waals surface area contributed by atoms with E-state index in [1.165, 1.54) is 0 Å². The lowest BCUT2D eigenvalue weighted by Crippen LogP contribution is -2.50. The van der Waals surface area contributed by atoms with Gasteiger partial charge in [-0.2, -0.15) is 0 Å². The molecule has 0 aromatic heterocycles. The summed E-state index contributed by atoms with van der Waals surface area (Å²) in [6.07, 6.45) is -0.550. The van der Waals surface area contributed by atoms with Crippen LogP contribution in [0.1, 0.15) is 20.8 Å². The number of nitrogens with one attached hydrogen (secondary N) is 2. The monoisotopic (exact) mass is 270 g/mol. The van der Waals surface area contributed by atoms with Gasteiger partial charge < -0.3 is 15.7 Å². The van der Waals surface area contributed by atoms with Crippen molar-refractivity contribution in [3.8, 4) is 0 Å². The smallest absolute Gasteiger partial charge is 0.238 e. The van der Waals surface area contributed by atoms with E-state index in [2.05, 4.69) is 10.6 Å². The molecule has 18 heavy (non-hydrogen) atoms. The summed E-state index contributed by atoms with van der Waals surface area (Å²) < 4.78 is 0. The van der Waals surface area contributed by atoms with Crippen LogP contribution in [-0.2, 0) is 4.79 Å². The Morgan fingerprint density at radius 2 is 2.06 bits per heavy atom. The number of amides is 1. The second kappa shape index (κ2) is 6.18. The zero-order chi connectivity index (χ0) is 13.8.